The summed E-state index contributed by atoms with van der Waals surface area (Å²) in [6.07, 6.45) is 9.98. The summed E-state index contributed by atoms with van der Waals surface area (Å²) in [5.41, 5.74) is 2.57. The van der Waals surface area contributed by atoms with E-state index in [2.05, 4.69) is 15.3 Å². The molecule has 1 unspecified atom stereocenters. The molecule has 5 nitrogen and oxygen atoms in total. The number of nitrogens with zero attached hydrogens (tertiary/aromatic N) is 2. The van der Waals surface area contributed by atoms with Gasteiger partial charge in [0.25, 0.3) is 0 Å². The number of rotatable bonds is 2. The smallest absolute Gasteiger partial charge is 0.196 e. The summed E-state index contributed by atoms with van der Waals surface area (Å²) in [5, 5.41) is 4.67. The minimum atomic E-state index is 0.0776. The van der Waals surface area contributed by atoms with Crippen LogP contribution in [-0.2, 0) is 4.74 Å². The monoisotopic (exact) mass is 337 g/mol. The molecule has 1 aliphatic carbocycles. The third kappa shape index (κ3) is 2.67. The molecule has 0 radical (unpaired) electrons. The van der Waals surface area contributed by atoms with E-state index in [-0.39, 0.29) is 5.60 Å². The van der Waals surface area contributed by atoms with Gasteiger partial charge in [0, 0.05) is 18.0 Å². The minimum absolute atomic E-state index is 0.0776. The van der Waals surface area contributed by atoms with Gasteiger partial charge in [-0.05, 0) is 37.8 Å². The SMILES string of the molecule is c1ccc2c(c1)oc1c(NC3CCOC4(CCCCC4)C3)ncnc12. The highest BCUT2D eigenvalue weighted by Crippen LogP contribution is 2.40. The van der Waals surface area contributed by atoms with Crippen LogP contribution in [0, 0.1) is 0 Å². The molecule has 2 aromatic heterocycles. The van der Waals surface area contributed by atoms with Crippen LogP contribution in [0.5, 0.6) is 0 Å². The maximum Gasteiger partial charge on any atom is 0.196 e. The summed E-state index contributed by atoms with van der Waals surface area (Å²) < 4.78 is 12.3. The molecule has 0 amide bonds. The summed E-state index contributed by atoms with van der Waals surface area (Å²) >= 11 is 0. The molecule has 1 spiro atoms. The first kappa shape index (κ1) is 15.1. The van der Waals surface area contributed by atoms with Gasteiger partial charge in [0.05, 0.1) is 5.60 Å². The molecule has 25 heavy (non-hydrogen) atoms. The molecule has 5 rings (SSSR count). The lowest BCUT2D eigenvalue weighted by atomic mass is 9.78. The van der Waals surface area contributed by atoms with Gasteiger partial charge in [-0.2, -0.15) is 0 Å². The Hall–Kier alpha value is -2.14. The highest BCUT2D eigenvalue weighted by Gasteiger charge is 2.38. The molecule has 1 aromatic carbocycles. The minimum Gasteiger partial charge on any atom is -0.450 e. The third-order valence-electron chi connectivity index (χ3n) is 5.76. The van der Waals surface area contributed by atoms with Gasteiger partial charge in [0.15, 0.2) is 11.4 Å². The van der Waals surface area contributed by atoms with Crippen molar-refractivity contribution in [1.82, 2.24) is 9.97 Å². The highest BCUT2D eigenvalue weighted by atomic mass is 16.5. The Kier molecular flexibility index (Phi) is 3.63. The molecule has 2 aliphatic rings. The van der Waals surface area contributed by atoms with E-state index in [1.807, 2.05) is 24.3 Å². The van der Waals surface area contributed by atoms with Gasteiger partial charge in [-0.25, -0.2) is 9.97 Å². The van der Waals surface area contributed by atoms with Crippen molar-refractivity contribution in [3.8, 4) is 0 Å². The summed E-state index contributed by atoms with van der Waals surface area (Å²) in [4.78, 5) is 8.91. The molecule has 2 fully saturated rings. The molecule has 3 heterocycles. The predicted octanol–water partition coefficient (Wildman–Crippen LogP) is 4.67. The lowest BCUT2D eigenvalue weighted by molar-refractivity contribution is -0.103. The second-order valence-corrected chi connectivity index (χ2v) is 7.42. The molecule has 1 saturated heterocycles. The Morgan fingerprint density at radius 3 is 2.88 bits per heavy atom. The summed E-state index contributed by atoms with van der Waals surface area (Å²) in [6, 6.07) is 8.39. The third-order valence-corrected chi connectivity index (χ3v) is 5.76. The highest BCUT2D eigenvalue weighted by molar-refractivity contribution is 6.05. The number of hydrogen-bond acceptors (Lipinski definition) is 5. The lowest BCUT2D eigenvalue weighted by Gasteiger charge is -2.43. The van der Waals surface area contributed by atoms with Gasteiger partial charge in [-0.3, -0.25) is 0 Å². The van der Waals surface area contributed by atoms with E-state index in [9.17, 15) is 0 Å². The van der Waals surface area contributed by atoms with Crippen molar-refractivity contribution in [3.05, 3.63) is 30.6 Å². The molecule has 1 N–H and O–H groups in total. The van der Waals surface area contributed by atoms with Crippen LogP contribution in [0.1, 0.15) is 44.9 Å². The fourth-order valence-corrected chi connectivity index (χ4v) is 4.52. The van der Waals surface area contributed by atoms with Gasteiger partial charge in [0.2, 0.25) is 0 Å². The van der Waals surface area contributed by atoms with Gasteiger partial charge >= 0.3 is 0 Å². The molecular weight excluding hydrogens is 314 g/mol. The number of aromatic nitrogens is 2. The number of anilines is 1. The van der Waals surface area contributed by atoms with Crippen LogP contribution in [0.25, 0.3) is 22.1 Å². The summed E-state index contributed by atoms with van der Waals surface area (Å²) in [7, 11) is 0. The molecule has 3 aromatic rings. The fourth-order valence-electron chi connectivity index (χ4n) is 4.52. The van der Waals surface area contributed by atoms with Gasteiger partial charge in [-0.15, -0.1) is 0 Å². The average molecular weight is 337 g/mol. The van der Waals surface area contributed by atoms with E-state index in [4.69, 9.17) is 9.15 Å². The molecule has 5 heteroatoms. The van der Waals surface area contributed by atoms with E-state index in [0.717, 1.165) is 47.3 Å². The van der Waals surface area contributed by atoms with Crippen molar-refractivity contribution in [3.63, 3.8) is 0 Å². The largest absolute Gasteiger partial charge is 0.450 e. The van der Waals surface area contributed by atoms with Crippen molar-refractivity contribution < 1.29 is 9.15 Å². The molecule has 130 valence electrons. The van der Waals surface area contributed by atoms with E-state index < -0.39 is 0 Å². The number of ether oxygens (including phenoxy) is 1. The molecule has 1 aliphatic heterocycles. The molecule has 1 atom stereocenters. The first-order valence-corrected chi connectivity index (χ1v) is 9.36. The number of furan rings is 1. The van der Waals surface area contributed by atoms with Crippen molar-refractivity contribution in [2.75, 3.05) is 11.9 Å². The Bertz CT molecular complexity index is 893. The lowest BCUT2D eigenvalue weighted by Crippen LogP contribution is -2.45. The molecule has 1 saturated carbocycles. The fraction of sp³-hybridized carbons (Fsp3) is 0.500. The van der Waals surface area contributed by atoms with Crippen LogP contribution in [0.2, 0.25) is 0 Å². The molecule has 0 bridgehead atoms. The van der Waals surface area contributed by atoms with E-state index >= 15 is 0 Å². The number of fused-ring (bicyclic) bond motifs is 3. The van der Waals surface area contributed by atoms with Crippen LogP contribution >= 0.6 is 0 Å². The first-order valence-electron chi connectivity index (χ1n) is 9.36. The second-order valence-electron chi connectivity index (χ2n) is 7.42. The Morgan fingerprint density at radius 2 is 1.96 bits per heavy atom. The van der Waals surface area contributed by atoms with E-state index in [0.29, 0.717) is 6.04 Å². The Morgan fingerprint density at radius 1 is 1.08 bits per heavy atom. The van der Waals surface area contributed by atoms with Crippen molar-refractivity contribution in [2.24, 2.45) is 0 Å². The Labute approximate surface area is 146 Å². The maximum absolute atomic E-state index is 6.21. The second kappa shape index (κ2) is 5.99. The number of para-hydroxylation sites is 1. The van der Waals surface area contributed by atoms with Crippen molar-refractivity contribution in [1.29, 1.82) is 0 Å². The summed E-state index contributed by atoms with van der Waals surface area (Å²) in [6.45, 7) is 0.825. The average Bonchev–Trinajstić information content (AvgIpc) is 3.02. The van der Waals surface area contributed by atoms with E-state index in [1.54, 1.807) is 6.33 Å². The zero-order valence-electron chi connectivity index (χ0n) is 14.3. The quantitative estimate of drug-likeness (QED) is 0.736. The molecular formula is C20H23N3O2. The Balaban J connectivity index is 1.45. The van der Waals surface area contributed by atoms with Crippen LogP contribution in [0.4, 0.5) is 5.82 Å². The number of nitrogens with one attached hydrogen (secondary N) is 1. The summed E-state index contributed by atoms with van der Waals surface area (Å²) in [5.74, 6) is 0.805. The van der Waals surface area contributed by atoms with E-state index in [1.165, 1.54) is 32.1 Å². The normalized spacial score (nSPS) is 23.3. The number of benzene rings is 1. The van der Waals surface area contributed by atoms with Gasteiger partial charge < -0.3 is 14.5 Å². The van der Waals surface area contributed by atoms with Gasteiger partial charge in [0.1, 0.15) is 17.4 Å². The van der Waals surface area contributed by atoms with Crippen LogP contribution in [-0.4, -0.2) is 28.2 Å². The van der Waals surface area contributed by atoms with Crippen molar-refractivity contribution >= 4 is 27.9 Å². The zero-order valence-corrected chi connectivity index (χ0v) is 14.3. The predicted molar refractivity (Wildman–Crippen MR) is 97.7 cm³/mol. The first-order chi connectivity index (χ1) is 12.3. The number of hydrogen-bond donors (Lipinski definition) is 1. The van der Waals surface area contributed by atoms with Crippen LogP contribution in [0.15, 0.2) is 35.0 Å². The topological polar surface area (TPSA) is 60.2 Å². The standard InChI is InChI=1S/C20H23N3O2/c1-4-9-20(10-5-1)12-14(8-11-24-20)23-19-18-17(21-13-22-19)15-6-2-3-7-16(15)25-18/h2-3,6-7,13-14H,1,4-5,8-12H2,(H,21,22,23). The van der Waals surface area contributed by atoms with Crippen LogP contribution in [0.3, 0.4) is 0 Å². The van der Waals surface area contributed by atoms with Crippen LogP contribution < -0.4 is 5.32 Å². The zero-order chi connectivity index (χ0) is 16.7. The van der Waals surface area contributed by atoms with Crippen molar-refractivity contribution in [2.45, 2.75) is 56.6 Å². The maximum atomic E-state index is 6.21. The van der Waals surface area contributed by atoms with Gasteiger partial charge in [-0.1, -0.05) is 31.4 Å².